The van der Waals surface area contributed by atoms with E-state index in [9.17, 15) is 9.90 Å². The average Bonchev–Trinajstić information content (AvgIpc) is 2.37. The molecule has 3 nitrogen and oxygen atoms in total. The highest BCUT2D eigenvalue weighted by Crippen LogP contribution is 2.25. The van der Waals surface area contributed by atoms with Crippen molar-refractivity contribution in [1.29, 1.82) is 0 Å². The van der Waals surface area contributed by atoms with Gasteiger partial charge in [-0.15, -0.1) is 0 Å². The summed E-state index contributed by atoms with van der Waals surface area (Å²) in [6.45, 7) is 4.26. The van der Waals surface area contributed by atoms with Gasteiger partial charge in [0.2, 0.25) is 5.91 Å². The SMILES string of the molecule is CCCC(CCC)C(=O)N(C)C1CCCCC1O. The van der Waals surface area contributed by atoms with E-state index < -0.39 is 0 Å². The Morgan fingerprint density at radius 2 is 1.78 bits per heavy atom. The highest BCUT2D eigenvalue weighted by atomic mass is 16.3. The van der Waals surface area contributed by atoms with Crippen LogP contribution in [0.25, 0.3) is 0 Å². The number of nitrogens with zero attached hydrogens (tertiary/aromatic N) is 1. The molecule has 0 heterocycles. The summed E-state index contributed by atoms with van der Waals surface area (Å²) in [5, 5.41) is 10.0. The normalized spacial score (nSPS) is 24.3. The molecule has 1 N–H and O–H groups in total. The average molecular weight is 255 g/mol. The maximum absolute atomic E-state index is 12.5. The van der Waals surface area contributed by atoms with Crippen LogP contribution in [0.3, 0.4) is 0 Å². The van der Waals surface area contributed by atoms with Crippen LogP contribution in [0, 0.1) is 5.92 Å². The third-order valence-electron chi connectivity index (χ3n) is 4.16. The molecule has 1 rings (SSSR count). The largest absolute Gasteiger partial charge is 0.391 e. The summed E-state index contributed by atoms with van der Waals surface area (Å²) in [6.07, 6.45) is 7.74. The fraction of sp³-hybridized carbons (Fsp3) is 0.933. The maximum atomic E-state index is 12.5. The summed E-state index contributed by atoms with van der Waals surface area (Å²) in [4.78, 5) is 14.3. The first-order valence-electron chi connectivity index (χ1n) is 7.56. The highest BCUT2D eigenvalue weighted by Gasteiger charge is 2.31. The summed E-state index contributed by atoms with van der Waals surface area (Å²) in [5.74, 6) is 0.392. The lowest BCUT2D eigenvalue weighted by molar-refractivity contribution is -0.140. The number of likely N-dealkylation sites (N-methyl/N-ethyl adjacent to an activating group) is 1. The molecule has 3 heteroatoms. The van der Waals surface area contributed by atoms with Crippen molar-refractivity contribution in [2.45, 2.75) is 77.4 Å². The lowest BCUT2D eigenvalue weighted by atomic mass is 9.89. The molecule has 0 aromatic rings. The molecule has 0 aliphatic heterocycles. The first-order chi connectivity index (χ1) is 8.61. The number of amides is 1. The standard InChI is InChI=1S/C15H29NO2/c1-4-8-12(9-5-2)15(18)16(3)13-10-6-7-11-14(13)17/h12-14,17H,4-11H2,1-3H3. The molecule has 18 heavy (non-hydrogen) atoms. The van der Waals surface area contributed by atoms with Crippen molar-refractivity contribution in [3.05, 3.63) is 0 Å². The van der Waals surface area contributed by atoms with Gasteiger partial charge in [0.05, 0.1) is 12.1 Å². The number of aliphatic hydroxyl groups excluding tert-OH is 1. The summed E-state index contributed by atoms with van der Waals surface area (Å²) >= 11 is 0. The van der Waals surface area contributed by atoms with Gasteiger partial charge in [0, 0.05) is 13.0 Å². The topological polar surface area (TPSA) is 40.5 Å². The van der Waals surface area contributed by atoms with Crippen molar-refractivity contribution in [3.8, 4) is 0 Å². The van der Waals surface area contributed by atoms with Gasteiger partial charge in [-0.3, -0.25) is 4.79 Å². The predicted octanol–water partition coefficient (Wildman–Crippen LogP) is 2.96. The minimum Gasteiger partial charge on any atom is -0.391 e. The van der Waals surface area contributed by atoms with Gasteiger partial charge in [0.1, 0.15) is 0 Å². The minimum absolute atomic E-state index is 0.0439. The van der Waals surface area contributed by atoms with Gasteiger partial charge in [-0.05, 0) is 25.7 Å². The van der Waals surface area contributed by atoms with Crippen molar-refractivity contribution in [3.63, 3.8) is 0 Å². The molecular weight excluding hydrogens is 226 g/mol. The van der Waals surface area contributed by atoms with Gasteiger partial charge < -0.3 is 10.0 Å². The molecule has 0 bridgehead atoms. The number of rotatable bonds is 6. The molecular formula is C15H29NO2. The molecule has 0 aromatic carbocycles. The van der Waals surface area contributed by atoms with Gasteiger partial charge in [-0.2, -0.15) is 0 Å². The Morgan fingerprint density at radius 3 is 2.28 bits per heavy atom. The van der Waals surface area contributed by atoms with Crippen LogP contribution in [0.5, 0.6) is 0 Å². The van der Waals surface area contributed by atoms with E-state index in [0.29, 0.717) is 0 Å². The van der Waals surface area contributed by atoms with E-state index in [-0.39, 0.29) is 24.0 Å². The maximum Gasteiger partial charge on any atom is 0.225 e. The van der Waals surface area contributed by atoms with E-state index in [2.05, 4.69) is 13.8 Å². The van der Waals surface area contributed by atoms with E-state index >= 15 is 0 Å². The highest BCUT2D eigenvalue weighted by molar-refractivity contribution is 5.79. The predicted molar refractivity (Wildman–Crippen MR) is 74.3 cm³/mol. The van der Waals surface area contributed by atoms with Crippen LogP contribution in [-0.2, 0) is 4.79 Å². The fourth-order valence-corrected chi connectivity index (χ4v) is 3.08. The van der Waals surface area contributed by atoms with Crippen LogP contribution in [0.1, 0.15) is 65.2 Å². The fourth-order valence-electron chi connectivity index (χ4n) is 3.08. The van der Waals surface area contributed by atoms with E-state index in [4.69, 9.17) is 0 Å². The molecule has 0 saturated heterocycles. The summed E-state index contributed by atoms with van der Waals surface area (Å²) < 4.78 is 0. The monoisotopic (exact) mass is 255 g/mol. The molecule has 2 unspecified atom stereocenters. The number of carbonyl (C=O) groups is 1. The van der Waals surface area contributed by atoms with Crippen molar-refractivity contribution in [2.75, 3.05) is 7.05 Å². The van der Waals surface area contributed by atoms with E-state index in [1.807, 2.05) is 11.9 Å². The summed E-state index contributed by atoms with van der Waals surface area (Å²) in [5.41, 5.74) is 0. The van der Waals surface area contributed by atoms with Gasteiger partial charge in [-0.1, -0.05) is 39.5 Å². The summed E-state index contributed by atoms with van der Waals surface area (Å²) in [6, 6.07) is 0.0439. The Bertz CT molecular complexity index is 249. The Kier molecular flexibility index (Phi) is 6.69. The third-order valence-corrected chi connectivity index (χ3v) is 4.16. The van der Waals surface area contributed by atoms with Gasteiger partial charge >= 0.3 is 0 Å². The van der Waals surface area contributed by atoms with Crippen LogP contribution < -0.4 is 0 Å². The van der Waals surface area contributed by atoms with Crippen LogP contribution in [-0.4, -0.2) is 35.1 Å². The second-order valence-corrected chi connectivity index (χ2v) is 5.64. The van der Waals surface area contributed by atoms with E-state index in [1.165, 1.54) is 0 Å². The zero-order valence-corrected chi connectivity index (χ0v) is 12.2. The van der Waals surface area contributed by atoms with Crippen molar-refractivity contribution in [1.82, 2.24) is 4.90 Å². The lowest BCUT2D eigenvalue weighted by Gasteiger charge is -2.37. The Morgan fingerprint density at radius 1 is 1.22 bits per heavy atom. The van der Waals surface area contributed by atoms with Gasteiger partial charge in [0.15, 0.2) is 0 Å². The Labute approximate surface area is 112 Å². The summed E-state index contributed by atoms with van der Waals surface area (Å²) in [7, 11) is 1.87. The molecule has 0 radical (unpaired) electrons. The van der Waals surface area contributed by atoms with Crippen LogP contribution in [0.4, 0.5) is 0 Å². The number of carbonyl (C=O) groups excluding carboxylic acids is 1. The van der Waals surface area contributed by atoms with Crippen molar-refractivity contribution in [2.24, 2.45) is 5.92 Å². The molecule has 0 spiro atoms. The molecule has 0 aromatic heterocycles. The first kappa shape index (κ1) is 15.5. The quantitative estimate of drug-likeness (QED) is 0.792. The number of hydrogen-bond acceptors (Lipinski definition) is 2. The van der Waals surface area contributed by atoms with Gasteiger partial charge in [0.25, 0.3) is 0 Å². The first-order valence-corrected chi connectivity index (χ1v) is 7.56. The van der Waals surface area contributed by atoms with E-state index in [1.54, 1.807) is 0 Å². The van der Waals surface area contributed by atoms with Crippen LogP contribution in [0.15, 0.2) is 0 Å². The second kappa shape index (κ2) is 7.78. The zero-order chi connectivity index (χ0) is 13.5. The second-order valence-electron chi connectivity index (χ2n) is 5.64. The third kappa shape index (κ3) is 3.98. The lowest BCUT2D eigenvalue weighted by Crippen LogP contribution is -2.48. The van der Waals surface area contributed by atoms with Crippen LogP contribution in [0.2, 0.25) is 0 Å². The molecule has 1 saturated carbocycles. The molecule has 106 valence electrons. The molecule has 2 atom stereocenters. The molecule has 1 amide bonds. The number of hydrogen-bond donors (Lipinski definition) is 1. The Hall–Kier alpha value is -0.570. The molecule has 1 fully saturated rings. The zero-order valence-electron chi connectivity index (χ0n) is 12.2. The Balaban J connectivity index is 2.61. The molecule has 1 aliphatic carbocycles. The number of aliphatic hydroxyl groups is 1. The minimum atomic E-state index is -0.323. The van der Waals surface area contributed by atoms with Crippen molar-refractivity contribution >= 4 is 5.91 Å². The smallest absolute Gasteiger partial charge is 0.225 e. The van der Waals surface area contributed by atoms with Crippen LogP contribution >= 0.6 is 0 Å². The van der Waals surface area contributed by atoms with Gasteiger partial charge in [-0.25, -0.2) is 0 Å². The molecule has 1 aliphatic rings. The van der Waals surface area contributed by atoms with E-state index in [0.717, 1.165) is 51.4 Å². The van der Waals surface area contributed by atoms with Crippen molar-refractivity contribution < 1.29 is 9.90 Å².